The number of halogens is 3. The number of nitrogens with zero attached hydrogens (tertiary/aromatic N) is 2. The first-order valence-corrected chi connectivity index (χ1v) is 9.51. The molecule has 0 atom stereocenters. The summed E-state index contributed by atoms with van der Waals surface area (Å²) in [5.74, 6) is 1.05. The van der Waals surface area contributed by atoms with E-state index in [-0.39, 0.29) is 12.3 Å². The standard InChI is InChI=1S/C20H26F3N3O3/c1-4-28-16-8-7-15(12-17(16)29-5-2)13-19(27)24-9-6-10-26-14(3)11-18(25-26)20(21,22)23/h7-8,11-12H,4-6,9-10,13H2,1-3H3,(H,24,27). The average molecular weight is 413 g/mol. The van der Waals surface area contributed by atoms with E-state index < -0.39 is 11.9 Å². The second kappa shape index (κ2) is 10.2. The van der Waals surface area contributed by atoms with Gasteiger partial charge in [-0.2, -0.15) is 18.3 Å². The second-order valence-electron chi connectivity index (χ2n) is 6.42. The Bertz CT molecular complexity index is 819. The van der Waals surface area contributed by atoms with Crippen LogP contribution in [0.2, 0.25) is 0 Å². The van der Waals surface area contributed by atoms with Crippen LogP contribution in [0.25, 0.3) is 0 Å². The molecule has 9 heteroatoms. The highest BCUT2D eigenvalue weighted by Gasteiger charge is 2.34. The van der Waals surface area contributed by atoms with Gasteiger partial charge in [-0.3, -0.25) is 9.48 Å². The number of alkyl halides is 3. The highest BCUT2D eigenvalue weighted by molar-refractivity contribution is 5.78. The van der Waals surface area contributed by atoms with Gasteiger partial charge in [0.15, 0.2) is 17.2 Å². The van der Waals surface area contributed by atoms with Gasteiger partial charge in [0.1, 0.15) is 0 Å². The molecule has 0 saturated heterocycles. The van der Waals surface area contributed by atoms with E-state index in [4.69, 9.17) is 9.47 Å². The SMILES string of the molecule is CCOc1ccc(CC(=O)NCCCn2nc(C(F)(F)F)cc2C)cc1OCC. The predicted molar refractivity (Wildman–Crippen MR) is 102 cm³/mol. The molecule has 0 aliphatic carbocycles. The molecule has 0 fully saturated rings. The Morgan fingerprint density at radius 1 is 1.14 bits per heavy atom. The molecule has 1 aromatic heterocycles. The van der Waals surface area contributed by atoms with Crippen molar-refractivity contribution in [3.63, 3.8) is 0 Å². The normalized spacial score (nSPS) is 11.4. The van der Waals surface area contributed by atoms with Crippen molar-refractivity contribution in [3.8, 4) is 11.5 Å². The first-order valence-electron chi connectivity index (χ1n) is 9.51. The molecular formula is C20H26F3N3O3. The lowest BCUT2D eigenvalue weighted by Crippen LogP contribution is -2.27. The molecule has 0 saturated carbocycles. The van der Waals surface area contributed by atoms with E-state index in [1.54, 1.807) is 25.1 Å². The molecule has 2 aromatic rings. The molecule has 0 aliphatic heterocycles. The minimum absolute atomic E-state index is 0.172. The number of amides is 1. The van der Waals surface area contributed by atoms with Gasteiger partial charge < -0.3 is 14.8 Å². The van der Waals surface area contributed by atoms with E-state index in [0.29, 0.717) is 49.9 Å². The highest BCUT2D eigenvalue weighted by Crippen LogP contribution is 2.29. The zero-order chi connectivity index (χ0) is 21.4. The number of carbonyl (C=O) groups is 1. The largest absolute Gasteiger partial charge is 0.490 e. The van der Waals surface area contributed by atoms with Crippen LogP contribution in [0.3, 0.4) is 0 Å². The van der Waals surface area contributed by atoms with Crippen molar-refractivity contribution in [1.29, 1.82) is 0 Å². The summed E-state index contributed by atoms with van der Waals surface area (Å²) < 4.78 is 50.4. The smallest absolute Gasteiger partial charge is 0.435 e. The minimum Gasteiger partial charge on any atom is -0.490 e. The van der Waals surface area contributed by atoms with E-state index in [0.717, 1.165) is 11.6 Å². The van der Waals surface area contributed by atoms with Crippen LogP contribution in [0.4, 0.5) is 13.2 Å². The van der Waals surface area contributed by atoms with Gasteiger partial charge in [0, 0.05) is 18.8 Å². The van der Waals surface area contributed by atoms with Crippen molar-refractivity contribution in [2.45, 2.75) is 46.3 Å². The molecule has 0 unspecified atom stereocenters. The summed E-state index contributed by atoms with van der Waals surface area (Å²) in [5, 5.41) is 6.34. The van der Waals surface area contributed by atoms with Gasteiger partial charge in [0.05, 0.1) is 19.6 Å². The molecule has 2 rings (SSSR count). The highest BCUT2D eigenvalue weighted by atomic mass is 19.4. The Morgan fingerprint density at radius 3 is 2.45 bits per heavy atom. The van der Waals surface area contributed by atoms with Crippen LogP contribution < -0.4 is 14.8 Å². The van der Waals surface area contributed by atoms with E-state index in [9.17, 15) is 18.0 Å². The van der Waals surface area contributed by atoms with Gasteiger partial charge in [-0.1, -0.05) is 6.07 Å². The number of hydrogen-bond donors (Lipinski definition) is 1. The molecule has 1 aromatic carbocycles. The molecule has 0 bridgehead atoms. The van der Waals surface area contributed by atoms with Crippen LogP contribution in [0.1, 0.15) is 37.2 Å². The molecular weight excluding hydrogens is 387 g/mol. The topological polar surface area (TPSA) is 65.4 Å². The van der Waals surface area contributed by atoms with Gasteiger partial charge in [-0.15, -0.1) is 0 Å². The van der Waals surface area contributed by atoms with Crippen molar-refractivity contribution in [1.82, 2.24) is 15.1 Å². The Kier molecular flexibility index (Phi) is 7.92. The fourth-order valence-corrected chi connectivity index (χ4v) is 2.79. The van der Waals surface area contributed by atoms with Crippen LogP contribution in [-0.4, -0.2) is 35.4 Å². The van der Waals surface area contributed by atoms with Crippen molar-refractivity contribution in [3.05, 3.63) is 41.2 Å². The van der Waals surface area contributed by atoms with Crippen LogP contribution >= 0.6 is 0 Å². The predicted octanol–water partition coefficient (Wildman–Crippen LogP) is 3.76. The van der Waals surface area contributed by atoms with Gasteiger partial charge in [0.2, 0.25) is 5.91 Å². The van der Waals surface area contributed by atoms with Crippen LogP contribution in [0.15, 0.2) is 24.3 Å². The molecule has 0 spiro atoms. The van der Waals surface area contributed by atoms with Gasteiger partial charge >= 0.3 is 6.18 Å². The molecule has 0 radical (unpaired) electrons. The fraction of sp³-hybridized carbons (Fsp3) is 0.500. The quantitative estimate of drug-likeness (QED) is 0.603. The lowest BCUT2D eigenvalue weighted by Gasteiger charge is -2.12. The third-order valence-electron chi connectivity index (χ3n) is 4.11. The summed E-state index contributed by atoms with van der Waals surface area (Å²) in [6, 6.07) is 6.37. The molecule has 6 nitrogen and oxygen atoms in total. The van der Waals surface area contributed by atoms with E-state index >= 15 is 0 Å². The zero-order valence-corrected chi connectivity index (χ0v) is 16.8. The number of aromatic nitrogens is 2. The third-order valence-corrected chi connectivity index (χ3v) is 4.11. The first-order chi connectivity index (χ1) is 13.7. The van der Waals surface area contributed by atoms with Gasteiger partial charge in [-0.25, -0.2) is 0 Å². The van der Waals surface area contributed by atoms with Crippen molar-refractivity contribution < 1.29 is 27.4 Å². The molecule has 1 amide bonds. The van der Waals surface area contributed by atoms with Gasteiger partial charge in [-0.05, 0) is 51.0 Å². The molecule has 160 valence electrons. The Hall–Kier alpha value is -2.71. The number of hydrogen-bond acceptors (Lipinski definition) is 4. The van der Waals surface area contributed by atoms with Crippen molar-refractivity contribution in [2.24, 2.45) is 0 Å². The van der Waals surface area contributed by atoms with Gasteiger partial charge in [0.25, 0.3) is 0 Å². The average Bonchev–Trinajstić information content (AvgIpc) is 3.02. The minimum atomic E-state index is -4.46. The van der Waals surface area contributed by atoms with E-state index in [1.165, 1.54) is 4.68 Å². The number of nitrogens with one attached hydrogen (secondary N) is 1. The lowest BCUT2D eigenvalue weighted by molar-refractivity contribution is -0.141. The second-order valence-corrected chi connectivity index (χ2v) is 6.42. The maximum atomic E-state index is 12.7. The Labute approximate surface area is 168 Å². The monoisotopic (exact) mass is 413 g/mol. The summed E-state index contributed by atoms with van der Waals surface area (Å²) in [6.45, 7) is 6.95. The maximum Gasteiger partial charge on any atom is 0.435 e. The number of ether oxygens (including phenoxy) is 2. The summed E-state index contributed by atoms with van der Waals surface area (Å²) in [4.78, 5) is 12.2. The third kappa shape index (κ3) is 6.69. The van der Waals surface area contributed by atoms with Crippen molar-refractivity contribution >= 4 is 5.91 Å². The summed E-state index contributed by atoms with van der Waals surface area (Å²) in [7, 11) is 0. The number of aryl methyl sites for hydroxylation is 2. The Balaban J connectivity index is 1.83. The molecule has 0 aliphatic rings. The van der Waals surface area contributed by atoms with Crippen LogP contribution in [0.5, 0.6) is 11.5 Å². The van der Waals surface area contributed by atoms with E-state index in [2.05, 4.69) is 10.4 Å². The maximum absolute atomic E-state index is 12.7. The van der Waals surface area contributed by atoms with Crippen molar-refractivity contribution in [2.75, 3.05) is 19.8 Å². The molecule has 1 N–H and O–H groups in total. The summed E-state index contributed by atoms with van der Waals surface area (Å²) in [6.07, 6.45) is -3.81. The van der Waals surface area contributed by atoms with Crippen LogP contribution in [-0.2, 0) is 23.9 Å². The first kappa shape index (κ1) is 22.6. The Morgan fingerprint density at radius 2 is 1.83 bits per heavy atom. The zero-order valence-electron chi connectivity index (χ0n) is 16.8. The summed E-state index contributed by atoms with van der Waals surface area (Å²) in [5.41, 5.74) is 0.313. The number of benzene rings is 1. The lowest BCUT2D eigenvalue weighted by atomic mass is 10.1. The van der Waals surface area contributed by atoms with Crippen LogP contribution in [0, 0.1) is 6.92 Å². The van der Waals surface area contributed by atoms with E-state index in [1.807, 2.05) is 13.8 Å². The molecule has 1 heterocycles. The molecule has 29 heavy (non-hydrogen) atoms. The fourth-order valence-electron chi connectivity index (χ4n) is 2.79. The number of carbonyl (C=O) groups excluding carboxylic acids is 1. The summed E-state index contributed by atoms with van der Waals surface area (Å²) >= 11 is 0. The number of rotatable bonds is 10.